The third-order valence-electron chi connectivity index (χ3n) is 6.08. The van der Waals surface area contributed by atoms with Crippen molar-refractivity contribution in [3.05, 3.63) is 0 Å². The minimum Gasteiger partial charge on any atom is -0.147 e. The van der Waals surface area contributed by atoms with E-state index in [0.29, 0.717) is 0 Å². The average molecular weight is 424 g/mol. The minimum absolute atomic E-state index is 0. The number of hydrogen-bond acceptors (Lipinski definition) is 1. The zero-order valence-electron chi connectivity index (χ0n) is 19.3. The number of halogens is 1. The summed E-state index contributed by atoms with van der Waals surface area (Å²) in [4.78, 5) is 0. The summed E-state index contributed by atoms with van der Waals surface area (Å²) in [6.07, 6.45) is 29.7. The van der Waals surface area contributed by atoms with Crippen LogP contribution < -0.4 is 5.50 Å². The topological polar surface area (TPSA) is 26.0 Å². The third kappa shape index (κ3) is 21.2. The second kappa shape index (κ2) is 23.0. The van der Waals surface area contributed by atoms with Gasteiger partial charge in [-0.15, -0.1) is 12.4 Å². The Morgan fingerprint density at radius 3 is 0.889 bits per heavy atom. The number of unbranched alkanes of at least 4 members (excludes halogenated alkanes) is 15. The number of nitrogens with two attached hydrogens (primary N) is 1. The van der Waals surface area contributed by atoms with E-state index < -0.39 is 7.41 Å². The van der Waals surface area contributed by atoms with Gasteiger partial charge in [-0.2, -0.15) is 0 Å². The molecule has 0 atom stereocenters. The Bertz CT molecular complexity index is 232. The zero-order valence-corrected chi connectivity index (χ0v) is 21.2. The first kappa shape index (κ1) is 29.9. The standard InChI is InChI=1S/C24H54NP.ClH/c1-4-7-10-13-16-19-22-26(25,23-20-17-14-11-8-5-2)24-21-18-15-12-9-6-3;/h26H,4-25H2,1-3H3;1H. The van der Waals surface area contributed by atoms with Gasteiger partial charge in [0.15, 0.2) is 0 Å². The van der Waals surface area contributed by atoms with Gasteiger partial charge in [0.2, 0.25) is 0 Å². The quantitative estimate of drug-likeness (QED) is 0.144. The Morgan fingerprint density at radius 2 is 0.630 bits per heavy atom. The summed E-state index contributed by atoms with van der Waals surface area (Å²) in [5, 5.41) is 0. The van der Waals surface area contributed by atoms with Gasteiger partial charge in [-0.05, 0) is 0 Å². The summed E-state index contributed by atoms with van der Waals surface area (Å²) in [6.45, 7) is 6.91. The second-order valence-electron chi connectivity index (χ2n) is 8.92. The fourth-order valence-corrected chi connectivity index (χ4v) is 7.76. The molecule has 168 valence electrons. The molecule has 0 fully saturated rings. The van der Waals surface area contributed by atoms with Gasteiger partial charge in [-0.25, -0.2) is 0 Å². The van der Waals surface area contributed by atoms with E-state index in [1.807, 2.05) is 0 Å². The summed E-state index contributed by atoms with van der Waals surface area (Å²) >= 11 is 0. The Labute approximate surface area is 180 Å². The Hall–Kier alpha value is 0.680. The van der Waals surface area contributed by atoms with E-state index in [-0.39, 0.29) is 12.4 Å². The molecular formula is C24H55ClNP. The van der Waals surface area contributed by atoms with Crippen molar-refractivity contribution < 1.29 is 0 Å². The molecule has 2 N–H and O–H groups in total. The van der Waals surface area contributed by atoms with E-state index in [4.69, 9.17) is 5.50 Å². The van der Waals surface area contributed by atoms with Crippen LogP contribution in [0.5, 0.6) is 0 Å². The van der Waals surface area contributed by atoms with E-state index in [2.05, 4.69) is 20.8 Å². The van der Waals surface area contributed by atoms with Crippen molar-refractivity contribution in [1.82, 2.24) is 0 Å². The van der Waals surface area contributed by atoms with Crippen LogP contribution in [0.15, 0.2) is 0 Å². The third-order valence-corrected chi connectivity index (χ3v) is 10.1. The maximum absolute atomic E-state index is 7.06. The zero-order chi connectivity index (χ0) is 19.3. The smallest absolute Gasteiger partial charge is 0.147 e. The van der Waals surface area contributed by atoms with E-state index in [0.717, 1.165) is 0 Å². The van der Waals surface area contributed by atoms with E-state index >= 15 is 0 Å². The predicted octanol–water partition coefficient (Wildman–Crippen LogP) is 9.11. The SMILES string of the molecule is CCCCCCCC[PH](N)(CCCCCCCC)CCCCCCCC.Cl. The Balaban J connectivity index is 0. The van der Waals surface area contributed by atoms with Crippen LogP contribution in [0.4, 0.5) is 0 Å². The molecule has 0 bridgehead atoms. The molecule has 0 aliphatic rings. The molecule has 0 radical (unpaired) electrons. The van der Waals surface area contributed by atoms with Crippen molar-refractivity contribution in [3.63, 3.8) is 0 Å². The largest absolute Gasteiger partial charge is 0.147 e. The van der Waals surface area contributed by atoms with Crippen LogP contribution in [0.1, 0.15) is 136 Å². The molecule has 0 aromatic heterocycles. The first-order valence-electron chi connectivity index (χ1n) is 12.5. The van der Waals surface area contributed by atoms with Crippen LogP contribution in [-0.4, -0.2) is 18.5 Å². The molecule has 27 heavy (non-hydrogen) atoms. The fourth-order valence-electron chi connectivity index (χ4n) is 4.15. The van der Waals surface area contributed by atoms with Crippen molar-refractivity contribution in [2.75, 3.05) is 18.5 Å². The summed E-state index contributed by atoms with van der Waals surface area (Å²) in [6, 6.07) is 0. The molecule has 0 aromatic carbocycles. The van der Waals surface area contributed by atoms with Crippen LogP contribution in [-0.2, 0) is 0 Å². The van der Waals surface area contributed by atoms with Crippen molar-refractivity contribution in [1.29, 1.82) is 0 Å². The van der Waals surface area contributed by atoms with Crippen molar-refractivity contribution in [3.8, 4) is 0 Å². The minimum atomic E-state index is -1.45. The molecular weight excluding hydrogens is 369 g/mol. The molecule has 0 rings (SSSR count). The monoisotopic (exact) mass is 423 g/mol. The summed E-state index contributed by atoms with van der Waals surface area (Å²) in [5.74, 6) is 0. The summed E-state index contributed by atoms with van der Waals surface area (Å²) in [5.41, 5.74) is 7.06. The van der Waals surface area contributed by atoms with Gasteiger partial charge in [0.1, 0.15) is 0 Å². The Kier molecular flexibility index (Phi) is 25.4. The van der Waals surface area contributed by atoms with Crippen LogP contribution >= 0.6 is 19.8 Å². The fraction of sp³-hybridized carbons (Fsp3) is 1.00. The first-order valence-corrected chi connectivity index (χ1v) is 15.2. The van der Waals surface area contributed by atoms with Gasteiger partial charge in [0.25, 0.3) is 0 Å². The molecule has 0 aromatic rings. The van der Waals surface area contributed by atoms with E-state index in [1.165, 1.54) is 134 Å². The molecule has 0 spiro atoms. The number of rotatable bonds is 21. The molecule has 0 unspecified atom stereocenters. The molecule has 0 aliphatic heterocycles. The van der Waals surface area contributed by atoms with Crippen LogP contribution in [0.2, 0.25) is 0 Å². The molecule has 1 nitrogen and oxygen atoms in total. The number of hydrogen-bond donors (Lipinski definition) is 1. The summed E-state index contributed by atoms with van der Waals surface area (Å²) < 4.78 is 0. The van der Waals surface area contributed by atoms with E-state index in [1.54, 1.807) is 0 Å². The maximum Gasteiger partial charge on any atom is -0.147 e. The van der Waals surface area contributed by atoms with Crippen molar-refractivity contribution in [2.24, 2.45) is 5.50 Å². The molecule has 0 amide bonds. The molecule has 0 aliphatic carbocycles. The van der Waals surface area contributed by atoms with Crippen LogP contribution in [0.3, 0.4) is 0 Å². The van der Waals surface area contributed by atoms with Gasteiger partial charge in [0, 0.05) is 0 Å². The van der Waals surface area contributed by atoms with Crippen LogP contribution in [0.25, 0.3) is 0 Å². The predicted molar refractivity (Wildman–Crippen MR) is 134 cm³/mol. The normalized spacial score (nSPS) is 12.1. The second-order valence-corrected chi connectivity index (χ2v) is 13.1. The molecule has 3 heteroatoms. The van der Waals surface area contributed by atoms with Gasteiger partial charge >= 0.3 is 168 Å². The first-order chi connectivity index (χ1) is 12.7. The summed E-state index contributed by atoms with van der Waals surface area (Å²) in [7, 11) is -1.45. The average Bonchev–Trinajstić information content (AvgIpc) is 2.64. The van der Waals surface area contributed by atoms with Crippen LogP contribution in [0, 0.1) is 0 Å². The van der Waals surface area contributed by atoms with Gasteiger partial charge in [0.05, 0.1) is 0 Å². The van der Waals surface area contributed by atoms with Crippen molar-refractivity contribution >= 4 is 19.8 Å². The van der Waals surface area contributed by atoms with Gasteiger partial charge < -0.3 is 0 Å². The Morgan fingerprint density at radius 1 is 0.407 bits per heavy atom. The molecule has 0 saturated heterocycles. The molecule has 0 heterocycles. The van der Waals surface area contributed by atoms with Gasteiger partial charge in [-0.1, -0.05) is 0 Å². The molecule has 0 saturated carbocycles. The maximum atomic E-state index is 7.06. The van der Waals surface area contributed by atoms with Gasteiger partial charge in [-0.3, -0.25) is 0 Å². The van der Waals surface area contributed by atoms with Crippen molar-refractivity contribution in [2.45, 2.75) is 136 Å². The van der Waals surface area contributed by atoms with E-state index in [9.17, 15) is 0 Å².